The van der Waals surface area contributed by atoms with Crippen molar-refractivity contribution in [3.63, 3.8) is 0 Å². The molecule has 0 unspecified atom stereocenters. The van der Waals surface area contributed by atoms with Gasteiger partial charge in [-0.2, -0.15) is 5.10 Å². The maximum atomic E-state index is 12.8. The smallest absolute Gasteiger partial charge is 0.287 e. The molecule has 164 valence electrons. The molecule has 0 aliphatic heterocycles. The van der Waals surface area contributed by atoms with Crippen LogP contribution in [0.5, 0.6) is 0 Å². The lowest BCUT2D eigenvalue weighted by Gasteiger charge is -2.13. The molecule has 3 aromatic rings. The Kier molecular flexibility index (Phi) is 7.46. The van der Waals surface area contributed by atoms with Gasteiger partial charge in [0.25, 0.3) is 11.8 Å². The van der Waals surface area contributed by atoms with Crippen LogP contribution in [0.15, 0.2) is 77.7 Å². The average molecular weight is 450 g/mol. The number of anilines is 1. The maximum absolute atomic E-state index is 12.8. The Labute approximate surface area is 192 Å². The van der Waals surface area contributed by atoms with E-state index in [1.807, 2.05) is 73.2 Å². The Morgan fingerprint density at radius 3 is 2.38 bits per heavy atom. The van der Waals surface area contributed by atoms with Gasteiger partial charge in [0.05, 0.1) is 22.5 Å². The Balaban J connectivity index is 1.85. The Bertz CT molecular complexity index is 1160. The van der Waals surface area contributed by atoms with Crippen LogP contribution in [0, 0.1) is 0 Å². The van der Waals surface area contributed by atoms with Gasteiger partial charge in [-0.15, -0.1) is 0 Å². The molecule has 2 aromatic carbocycles. The van der Waals surface area contributed by atoms with Crippen LogP contribution in [0.4, 0.5) is 5.69 Å². The topological polar surface area (TPSA) is 78.7 Å². The third kappa shape index (κ3) is 5.86. The number of halogens is 1. The van der Waals surface area contributed by atoms with Gasteiger partial charge in [0.2, 0.25) is 0 Å². The van der Waals surface area contributed by atoms with E-state index in [0.717, 1.165) is 16.9 Å². The van der Waals surface area contributed by atoms with Crippen molar-refractivity contribution >= 4 is 41.4 Å². The van der Waals surface area contributed by atoms with Gasteiger partial charge in [-0.25, -0.2) is 5.43 Å². The van der Waals surface area contributed by atoms with E-state index in [9.17, 15) is 9.59 Å². The molecular formula is C24H24ClN5O2. The normalized spacial score (nSPS) is 11.4. The Hall–Kier alpha value is -3.84. The highest BCUT2D eigenvalue weighted by molar-refractivity contribution is 6.34. The molecule has 2 N–H and O–H groups in total. The van der Waals surface area contributed by atoms with E-state index in [0.29, 0.717) is 5.02 Å². The van der Waals surface area contributed by atoms with Crippen LogP contribution in [0.3, 0.4) is 0 Å². The minimum absolute atomic E-state index is 0.0385. The number of carbonyl (C=O) groups excluding carboxylic acids is 2. The molecule has 1 heterocycles. The zero-order valence-electron chi connectivity index (χ0n) is 18.0. The number of benzene rings is 2. The average Bonchev–Trinajstić information content (AvgIpc) is 3.18. The summed E-state index contributed by atoms with van der Waals surface area (Å²) < 4.78 is 1.86. The molecule has 32 heavy (non-hydrogen) atoms. The standard InChI is InChI=1S/C24H24ClN5O2/c1-29(2)18-12-10-17(11-13-18)15-22(27-23(31)20-8-4-5-9-21(20)25)24(32)28-26-16-19-7-6-14-30(19)3/h4-16H,1-3H3,(H,27,31)(H,28,32)/b22-15+,26-16?. The highest BCUT2D eigenvalue weighted by Crippen LogP contribution is 2.17. The van der Waals surface area contributed by atoms with Gasteiger partial charge in [-0.3, -0.25) is 9.59 Å². The second kappa shape index (κ2) is 10.5. The monoisotopic (exact) mass is 449 g/mol. The van der Waals surface area contributed by atoms with E-state index in [-0.39, 0.29) is 11.3 Å². The number of nitrogens with zero attached hydrogens (tertiary/aromatic N) is 3. The van der Waals surface area contributed by atoms with Crippen molar-refractivity contribution in [2.24, 2.45) is 12.1 Å². The van der Waals surface area contributed by atoms with E-state index in [1.54, 1.807) is 30.3 Å². The van der Waals surface area contributed by atoms with Crippen LogP contribution >= 0.6 is 11.6 Å². The first-order chi connectivity index (χ1) is 15.3. The first kappa shape index (κ1) is 22.8. The fraction of sp³-hybridized carbons (Fsp3) is 0.125. The highest BCUT2D eigenvalue weighted by Gasteiger charge is 2.16. The first-order valence-electron chi connectivity index (χ1n) is 9.85. The fourth-order valence-corrected chi connectivity index (χ4v) is 3.08. The molecule has 7 nitrogen and oxygen atoms in total. The van der Waals surface area contributed by atoms with Crippen molar-refractivity contribution in [3.05, 3.63) is 94.4 Å². The second-order valence-corrected chi connectivity index (χ2v) is 7.63. The van der Waals surface area contributed by atoms with Gasteiger partial charge in [0.1, 0.15) is 5.70 Å². The summed E-state index contributed by atoms with van der Waals surface area (Å²) in [5.41, 5.74) is 5.34. The number of carbonyl (C=O) groups is 2. The highest BCUT2D eigenvalue weighted by atomic mass is 35.5. The van der Waals surface area contributed by atoms with Crippen LogP contribution in [-0.2, 0) is 11.8 Å². The third-order valence-corrected chi connectivity index (χ3v) is 5.01. The number of hydrogen-bond acceptors (Lipinski definition) is 4. The SMILES string of the molecule is CN(C)c1ccc(/C=C(/NC(=O)c2ccccc2Cl)C(=O)NN=Cc2cccn2C)cc1. The maximum Gasteiger partial charge on any atom is 0.287 e. The first-order valence-corrected chi connectivity index (χ1v) is 10.2. The fourth-order valence-electron chi connectivity index (χ4n) is 2.85. The molecule has 3 rings (SSSR count). The van der Waals surface area contributed by atoms with Crippen LogP contribution in [0.1, 0.15) is 21.6 Å². The molecule has 0 aliphatic carbocycles. The summed E-state index contributed by atoms with van der Waals surface area (Å²) in [4.78, 5) is 27.6. The van der Waals surface area contributed by atoms with Gasteiger partial charge in [0.15, 0.2) is 0 Å². The molecule has 1 aromatic heterocycles. The van der Waals surface area contributed by atoms with Crippen molar-refractivity contribution < 1.29 is 9.59 Å². The van der Waals surface area contributed by atoms with Crippen molar-refractivity contribution in [1.82, 2.24) is 15.3 Å². The zero-order valence-corrected chi connectivity index (χ0v) is 18.8. The van der Waals surface area contributed by atoms with Crippen molar-refractivity contribution in [1.29, 1.82) is 0 Å². The van der Waals surface area contributed by atoms with Crippen molar-refractivity contribution in [3.8, 4) is 0 Å². The molecule has 0 saturated carbocycles. The molecule has 0 radical (unpaired) electrons. The number of amides is 2. The predicted molar refractivity (Wildman–Crippen MR) is 129 cm³/mol. The number of hydrazone groups is 1. The van der Waals surface area contributed by atoms with Crippen molar-refractivity contribution in [2.75, 3.05) is 19.0 Å². The van der Waals surface area contributed by atoms with Gasteiger partial charge >= 0.3 is 0 Å². The molecule has 0 spiro atoms. The van der Waals surface area contributed by atoms with Crippen molar-refractivity contribution in [2.45, 2.75) is 0 Å². The lowest BCUT2D eigenvalue weighted by atomic mass is 10.1. The Morgan fingerprint density at radius 1 is 1.03 bits per heavy atom. The minimum Gasteiger partial charge on any atom is -0.378 e. The van der Waals surface area contributed by atoms with E-state index in [4.69, 9.17) is 11.6 Å². The van der Waals surface area contributed by atoms with Gasteiger partial charge in [0, 0.05) is 33.0 Å². The summed E-state index contributed by atoms with van der Waals surface area (Å²) in [6.45, 7) is 0. The van der Waals surface area contributed by atoms with Crippen LogP contribution < -0.4 is 15.6 Å². The minimum atomic E-state index is -0.562. The number of aryl methyl sites for hydroxylation is 1. The summed E-state index contributed by atoms with van der Waals surface area (Å²) in [7, 11) is 5.76. The quantitative estimate of drug-likeness (QED) is 0.328. The van der Waals surface area contributed by atoms with E-state index in [2.05, 4.69) is 15.8 Å². The summed E-state index contributed by atoms with van der Waals surface area (Å²) in [6, 6.07) is 17.9. The number of aromatic nitrogens is 1. The van der Waals surface area contributed by atoms with E-state index >= 15 is 0 Å². The molecule has 0 bridgehead atoms. The molecular weight excluding hydrogens is 426 g/mol. The molecule has 8 heteroatoms. The lowest BCUT2D eigenvalue weighted by Crippen LogP contribution is -2.33. The summed E-state index contributed by atoms with van der Waals surface area (Å²) in [5, 5.41) is 6.95. The molecule has 0 saturated heterocycles. The second-order valence-electron chi connectivity index (χ2n) is 7.22. The van der Waals surface area contributed by atoms with Crippen LogP contribution in [0.25, 0.3) is 6.08 Å². The molecule has 0 atom stereocenters. The predicted octanol–water partition coefficient (Wildman–Crippen LogP) is 3.67. The van der Waals surface area contributed by atoms with Crippen LogP contribution in [0.2, 0.25) is 5.02 Å². The molecule has 0 fully saturated rings. The number of nitrogens with one attached hydrogen (secondary N) is 2. The molecule has 0 aliphatic rings. The summed E-state index contributed by atoms with van der Waals surface area (Å²) >= 11 is 6.13. The van der Waals surface area contributed by atoms with Gasteiger partial charge < -0.3 is 14.8 Å². The summed E-state index contributed by atoms with van der Waals surface area (Å²) in [5.74, 6) is -1.05. The van der Waals surface area contributed by atoms with Gasteiger partial charge in [-0.05, 0) is 48.0 Å². The van der Waals surface area contributed by atoms with Gasteiger partial charge in [-0.1, -0.05) is 35.9 Å². The van der Waals surface area contributed by atoms with Crippen LogP contribution in [-0.4, -0.2) is 36.7 Å². The molecule has 2 amide bonds. The van der Waals surface area contributed by atoms with E-state index in [1.165, 1.54) is 6.21 Å². The Morgan fingerprint density at radius 2 is 1.75 bits per heavy atom. The third-order valence-electron chi connectivity index (χ3n) is 4.68. The van der Waals surface area contributed by atoms with E-state index < -0.39 is 11.8 Å². The lowest BCUT2D eigenvalue weighted by molar-refractivity contribution is -0.117. The zero-order chi connectivity index (χ0) is 23.1. The largest absolute Gasteiger partial charge is 0.378 e. The number of hydrogen-bond donors (Lipinski definition) is 2. The summed E-state index contributed by atoms with van der Waals surface area (Å²) in [6.07, 6.45) is 4.98. The number of rotatable bonds is 7.